The van der Waals surface area contributed by atoms with E-state index in [0.29, 0.717) is 24.8 Å². The molecule has 0 aromatic heterocycles. The van der Waals surface area contributed by atoms with Crippen molar-refractivity contribution in [3.05, 3.63) is 29.8 Å². The molecule has 16 heavy (non-hydrogen) atoms. The van der Waals surface area contributed by atoms with Crippen molar-refractivity contribution in [1.29, 1.82) is 0 Å². The molecular weight excluding hydrogens is 224 g/mol. The van der Waals surface area contributed by atoms with Gasteiger partial charge in [-0.2, -0.15) is 0 Å². The van der Waals surface area contributed by atoms with Gasteiger partial charge in [0.25, 0.3) is 0 Å². The van der Waals surface area contributed by atoms with Crippen LogP contribution in [0.1, 0.15) is 12.0 Å². The molecule has 1 fully saturated rings. The van der Waals surface area contributed by atoms with Crippen LogP contribution in [-0.2, 0) is 11.3 Å². The number of benzene rings is 1. The topological polar surface area (TPSA) is 46.3 Å². The van der Waals surface area contributed by atoms with Gasteiger partial charge >= 0.3 is 0 Å². The number of nitrogens with two attached hydrogens (primary N) is 1. The van der Waals surface area contributed by atoms with Gasteiger partial charge in [-0.3, -0.25) is 4.79 Å². The predicted molar refractivity (Wildman–Crippen MR) is 65.1 cm³/mol. The van der Waals surface area contributed by atoms with Gasteiger partial charge < -0.3 is 10.6 Å². The van der Waals surface area contributed by atoms with Crippen molar-refractivity contribution >= 4 is 23.2 Å². The van der Waals surface area contributed by atoms with Crippen LogP contribution in [0.2, 0.25) is 0 Å². The molecule has 2 rings (SSSR count). The van der Waals surface area contributed by atoms with Crippen molar-refractivity contribution in [3.8, 4) is 0 Å². The summed E-state index contributed by atoms with van der Waals surface area (Å²) >= 11 is 5.77. The summed E-state index contributed by atoms with van der Waals surface area (Å²) in [6, 6.07) is 7.64. The fourth-order valence-electron chi connectivity index (χ4n) is 2.02. The number of anilines is 1. The molecule has 0 bridgehead atoms. The van der Waals surface area contributed by atoms with Gasteiger partial charge in [0.15, 0.2) is 0 Å². The number of nitrogens with zero attached hydrogens (tertiary/aromatic N) is 1. The normalized spacial score (nSPS) is 20.4. The second kappa shape index (κ2) is 4.74. The van der Waals surface area contributed by atoms with E-state index in [2.05, 4.69) is 0 Å². The van der Waals surface area contributed by atoms with E-state index in [9.17, 15) is 4.79 Å². The summed E-state index contributed by atoms with van der Waals surface area (Å²) in [6.45, 7) is 1.40. The number of amides is 1. The minimum Gasteiger partial charge on any atom is -0.399 e. The minimum atomic E-state index is 0.188. The third-order valence-electron chi connectivity index (χ3n) is 2.84. The largest absolute Gasteiger partial charge is 0.399 e. The molecular formula is C12H15ClN2O. The number of carbonyl (C=O) groups excluding carboxylic acids is 1. The molecule has 1 amide bonds. The van der Waals surface area contributed by atoms with E-state index >= 15 is 0 Å². The monoisotopic (exact) mass is 238 g/mol. The van der Waals surface area contributed by atoms with Crippen LogP contribution in [0.5, 0.6) is 0 Å². The van der Waals surface area contributed by atoms with Crippen molar-refractivity contribution in [2.75, 3.05) is 18.2 Å². The lowest BCUT2D eigenvalue weighted by atomic mass is 10.1. The Labute approximate surface area is 100 Å². The first-order valence-corrected chi connectivity index (χ1v) is 5.90. The molecule has 0 radical (unpaired) electrons. The number of carbonyl (C=O) groups is 1. The van der Waals surface area contributed by atoms with Crippen LogP contribution < -0.4 is 5.73 Å². The highest BCUT2D eigenvalue weighted by Crippen LogP contribution is 2.21. The van der Waals surface area contributed by atoms with Gasteiger partial charge in [0, 0.05) is 31.1 Å². The Kier molecular flexibility index (Phi) is 3.34. The molecule has 1 atom stereocenters. The SMILES string of the molecule is Nc1cccc(CN2CC(CCl)CC2=O)c1. The molecule has 1 aromatic carbocycles. The minimum absolute atomic E-state index is 0.188. The Bertz CT molecular complexity index is 394. The van der Waals surface area contributed by atoms with Crippen LogP contribution >= 0.6 is 11.6 Å². The lowest BCUT2D eigenvalue weighted by Crippen LogP contribution is -2.24. The first-order chi connectivity index (χ1) is 7.69. The Morgan fingerprint density at radius 1 is 1.50 bits per heavy atom. The summed E-state index contributed by atoms with van der Waals surface area (Å²) in [7, 11) is 0. The molecule has 86 valence electrons. The van der Waals surface area contributed by atoms with Crippen LogP contribution in [-0.4, -0.2) is 23.2 Å². The Morgan fingerprint density at radius 3 is 2.94 bits per heavy atom. The number of hydrogen-bond acceptors (Lipinski definition) is 2. The number of halogens is 1. The van der Waals surface area contributed by atoms with Gasteiger partial charge in [-0.05, 0) is 23.6 Å². The standard InChI is InChI=1S/C12H15ClN2O/c13-6-10-5-12(16)15(8-10)7-9-2-1-3-11(14)4-9/h1-4,10H,5-8,14H2. The molecule has 1 unspecified atom stereocenters. The van der Waals surface area contributed by atoms with Crippen molar-refractivity contribution < 1.29 is 4.79 Å². The van der Waals surface area contributed by atoms with Crippen LogP contribution in [0.4, 0.5) is 5.69 Å². The molecule has 0 saturated carbocycles. The lowest BCUT2D eigenvalue weighted by molar-refractivity contribution is -0.128. The number of hydrogen-bond donors (Lipinski definition) is 1. The fourth-order valence-corrected chi connectivity index (χ4v) is 2.23. The number of likely N-dealkylation sites (tertiary alicyclic amines) is 1. The highest BCUT2D eigenvalue weighted by molar-refractivity contribution is 6.18. The van der Waals surface area contributed by atoms with Crippen molar-refractivity contribution in [1.82, 2.24) is 4.90 Å². The van der Waals surface area contributed by atoms with Crippen molar-refractivity contribution in [3.63, 3.8) is 0 Å². The summed E-state index contributed by atoms with van der Waals surface area (Å²) in [4.78, 5) is 13.5. The zero-order valence-electron chi connectivity index (χ0n) is 9.03. The van der Waals surface area contributed by atoms with Crippen molar-refractivity contribution in [2.45, 2.75) is 13.0 Å². The van der Waals surface area contributed by atoms with Crippen LogP contribution in [0.3, 0.4) is 0 Å². The van der Waals surface area contributed by atoms with Crippen LogP contribution in [0, 0.1) is 5.92 Å². The molecule has 0 spiro atoms. The summed E-state index contributed by atoms with van der Waals surface area (Å²) in [5, 5.41) is 0. The van der Waals surface area contributed by atoms with Gasteiger partial charge in [-0.15, -0.1) is 11.6 Å². The Hall–Kier alpha value is -1.22. The van der Waals surface area contributed by atoms with Gasteiger partial charge in [-0.1, -0.05) is 12.1 Å². The summed E-state index contributed by atoms with van der Waals surface area (Å²) in [5.41, 5.74) is 7.50. The third-order valence-corrected chi connectivity index (χ3v) is 3.27. The quantitative estimate of drug-likeness (QED) is 0.645. The van der Waals surface area contributed by atoms with Crippen molar-refractivity contribution in [2.24, 2.45) is 5.92 Å². The first kappa shape index (κ1) is 11.3. The molecule has 1 aliphatic heterocycles. The van der Waals surface area contributed by atoms with E-state index in [-0.39, 0.29) is 5.91 Å². The lowest BCUT2D eigenvalue weighted by Gasteiger charge is -2.16. The molecule has 0 aliphatic carbocycles. The van der Waals surface area contributed by atoms with E-state index in [1.165, 1.54) is 0 Å². The maximum atomic E-state index is 11.7. The average Bonchev–Trinajstić information content (AvgIpc) is 2.60. The zero-order valence-corrected chi connectivity index (χ0v) is 9.78. The Balaban J connectivity index is 2.03. The van der Waals surface area contributed by atoms with Gasteiger partial charge in [-0.25, -0.2) is 0 Å². The molecule has 1 saturated heterocycles. The fraction of sp³-hybridized carbons (Fsp3) is 0.417. The van der Waals surface area contributed by atoms with Crippen LogP contribution in [0.25, 0.3) is 0 Å². The maximum absolute atomic E-state index is 11.7. The van der Waals surface area contributed by atoms with E-state index in [4.69, 9.17) is 17.3 Å². The van der Waals surface area contributed by atoms with Gasteiger partial charge in [0.1, 0.15) is 0 Å². The number of nitrogen functional groups attached to an aromatic ring is 1. The summed E-state index contributed by atoms with van der Waals surface area (Å²) in [5.74, 6) is 1.04. The second-order valence-electron chi connectivity index (χ2n) is 4.24. The summed E-state index contributed by atoms with van der Waals surface area (Å²) in [6.07, 6.45) is 0.575. The second-order valence-corrected chi connectivity index (χ2v) is 4.55. The highest BCUT2D eigenvalue weighted by Gasteiger charge is 2.28. The predicted octanol–water partition coefficient (Wildman–Crippen LogP) is 1.86. The first-order valence-electron chi connectivity index (χ1n) is 5.37. The number of rotatable bonds is 3. The van der Waals surface area contributed by atoms with Gasteiger partial charge in [0.05, 0.1) is 0 Å². The molecule has 3 nitrogen and oxygen atoms in total. The molecule has 1 aromatic rings. The Morgan fingerprint density at radius 2 is 2.31 bits per heavy atom. The van der Waals surface area contributed by atoms with E-state index < -0.39 is 0 Å². The smallest absolute Gasteiger partial charge is 0.223 e. The zero-order chi connectivity index (χ0) is 11.5. The third kappa shape index (κ3) is 2.47. The molecule has 1 heterocycles. The van der Waals surface area contributed by atoms with Gasteiger partial charge in [0.2, 0.25) is 5.91 Å². The van der Waals surface area contributed by atoms with E-state index in [1.807, 2.05) is 29.2 Å². The maximum Gasteiger partial charge on any atom is 0.223 e. The van der Waals surface area contributed by atoms with Crippen LogP contribution in [0.15, 0.2) is 24.3 Å². The average molecular weight is 239 g/mol. The van der Waals surface area contributed by atoms with E-state index in [0.717, 1.165) is 17.8 Å². The molecule has 1 aliphatic rings. The highest BCUT2D eigenvalue weighted by atomic mass is 35.5. The summed E-state index contributed by atoms with van der Waals surface area (Å²) < 4.78 is 0. The molecule has 4 heteroatoms. The number of alkyl halides is 1. The van der Waals surface area contributed by atoms with E-state index in [1.54, 1.807) is 0 Å². The molecule has 2 N–H and O–H groups in total.